The first-order chi connectivity index (χ1) is 14.1. The standard InChI is InChI=1S/C21H25ClN6O.ClH/c1-12(2)21-24-19(27-29-21)13-3-5-14(6-4-13)20-26-25-18-11-23-10-15-9-16(22)7-8-17(15)28(18)20;/h7-9,12-14,23H,3-6,10-11H2,1-2H3;1H/t13-,14+;. The van der Waals surface area contributed by atoms with Crippen molar-refractivity contribution in [2.24, 2.45) is 0 Å². The van der Waals surface area contributed by atoms with E-state index in [9.17, 15) is 0 Å². The summed E-state index contributed by atoms with van der Waals surface area (Å²) in [6, 6.07) is 6.06. The van der Waals surface area contributed by atoms with Crippen molar-refractivity contribution >= 4 is 24.0 Å². The van der Waals surface area contributed by atoms with Crippen molar-refractivity contribution < 1.29 is 4.52 Å². The third-order valence-electron chi connectivity index (χ3n) is 6.04. The van der Waals surface area contributed by atoms with E-state index in [1.165, 1.54) is 5.56 Å². The second kappa shape index (κ2) is 8.65. The van der Waals surface area contributed by atoms with Gasteiger partial charge in [-0.2, -0.15) is 4.98 Å². The maximum Gasteiger partial charge on any atom is 0.229 e. The molecule has 0 bridgehead atoms. The summed E-state index contributed by atoms with van der Waals surface area (Å²) in [4.78, 5) is 4.61. The first-order valence-electron chi connectivity index (χ1n) is 10.4. The lowest BCUT2D eigenvalue weighted by Crippen LogP contribution is -2.17. The van der Waals surface area contributed by atoms with Gasteiger partial charge in [0.2, 0.25) is 5.89 Å². The Bertz CT molecular complexity index is 1020. The summed E-state index contributed by atoms with van der Waals surface area (Å²) in [7, 11) is 0. The van der Waals surface area contributed by atoms with Crippen LogP contribution in [0.5, 0.6) is 0 Å². The summed E-state index contributed by atoms with van der Waals surface area (Å²) in [6.45, 7) is 5.63. The van der Waals surface area contributed by atoms with Crippen LogP contribution in [0.4, 0.5) is 0 Å². The first-order valence-corrected chi connectivity index (χ1v) is 10.7. The number of fused-ring (bicyclic) bond motifs is 3. The lowest BCUT2D eigenvalue weighted by Gasteiger charge is -2.26. The van der Waals surface area contributed by atoms with E-state index in [-0.39, 0.29) is 18.3 Å². The second-order valence-corrected chi connectivity index (χ2v) is 8.82. The molecular weight excluding hydrogens is 423 g/mol. The minimum absolute atomic E-state index is 0. The number of rotatable bonds is 3. The molecule has 0 radical (unpaired) electrons. The van der Waals surface area contributed by atoms with E-state index in [1.54, 1.807) is 0 Å². The van der Waals surface area contributed by atoms with Crippen molar-refractivity contribution in [3.8, 4) is 5.69 Å². The van der Waals surface area contributed by atoms with Crippen molar-refractivity contribution in [3.05, 3.63) is 52.1 Å². The summed E-state index contributed by atoms with van der Waals surface area (Å²) in [5, 5.41) is 17.5. The van der Waals surface area contributed by atoms with Crippen molar-refractivity contribution in [1.82, 2.24) is 30.2 Å². The normalized spacial score (nSPS) is 20.9. The number of hydrogen-bond acceptors (Lipinski definition) is 6. The highest BCUT2D eigenvalue weighted by Gasteiger charge is 2.31. The van der Waals surface area contributed by atoms with E-state index in [0.717, 1.165) is 66.3 Å². The Labute approximate surface area is 187 Å². The van der Waals surface area contributed by atoms with E-state index in [1.807, 2.05) is 12.1 Å². The van der Waals surface area contributed by atoms with Gasteiger partial charge in [0.15, 0.2) is 11.6 Å². The van der Waals surface area contributed by atoms with Gasteiger partial charge in [-0.15, -0.1) is 22.6 Å². The molecule has 1 aliphatic carbocycles. The molecule has 160 valence electrons. The van der Waals surface area contributed by atoms with Crippen LogP contribution in [0, 0.1) is 0 Å². The van der Waals surface area contributed by atoms with Crippen LogP contribution in [-0.4, -0.2) is 24.9 Å². The van der Waals surface area contributed by atoms with Gasteiger partial charge in [0.25, 0.3) is 0 Å². The van der Waals surface area contributed by atoms with E-state index >= 15 is 0 Å². The molecule has 9 heteroatoms. The fourth-order valence-electron chi connectivity index (χ4n) is 4.45. The van der Waals surface area contributed by atoms with Gasteiger partial charge in [-0.25, -0.2) is 0 Å². The summed E-state index contributed by atoms with van der Waals surface area (Å²) in [6.07, 6.45) is 4.17. The molecule has 1 fully saturated rings. The van der Waals surface area contributed by atoms with Gasteiger partial charge in [-0.1, -0.05) is 30.6 Å². The highest BCUT2D eigenvalue weighted by molar-refractivity contribution is 6.30. The molecule has 30 heavy (non-hydrogen) atoms. The molecule has 0 unspecified atom stereocenters. The lowest BCUT2D eigenvalue weighted by molar-refractivity contribution is 0.338. The molecule has 3 heterocycles. The molecule has 0 amide bonds. The van der Waals surface area contributed by atoms with Crippen molar-refractivity contribution in [3.63, 3.8) is 0 Å². The van der Waals surface area contributed by atoms with E-state index in [0.29, 0.717) is 18.4 Å². The molecule has 2 aliphatic rings. The molecule has 1 aromatic carbocycles. The summed E-state index contributed by atoms with van der Waals surface area (Å²) in [5.41, 5.74) is 2.32. The number of nitrogens with zero attached hydrogens (tertiary/aromatic N) is 5. The minimum atomic E-state index is 0. The van der Waals surface area contributed by atoms with Crippen LogP contribution in [0.15, 0.2) is 22.7 Å². The molecular formula is C21H26Cl2N6O. The Morgan fingerprint density at radius 3 is 2.60 bits per heavy atom. The Morgan fingerprint density at radius 2 is 1.87 bits per heavy atom. The molecule has 1 saturated carbocycles. The number of halogens is 2. The summed E-state index contributed by atoms with van der Waals surface area (Å²) in [5.74, 6) is 4.61. The number of hydrogen-bond donors (Lipinski definition) is 1. The second-order valence-electron chi connectivity index (χ2n) is 8.38. The summed E-state index contributed by atoms with van der Waals surface area (Å²) >= 11 is 6.23. The molecule has 0 saturated heterocycles. The van der Waals surface area contributed by atoms with E-state index < -0.39 is 0 Å². The monoisotopic (exact) mass is 448 g/mol. The van der Waals surface area contributed by atoms with Crippen LogP contribution < -0.4 is 5.32 Å². The predicted molar refractivity (Wildman–Crippen MR) is 116 cm³/mol. The Kier molecular flexibility index (Phi) is 6.14. The van der Waals surface area contributed by atoms with E-state index in [2.05, 4.69) is 50.1 Å². The Balaban J connectivity index is 0.00000218. The number of benzene rings is 1. The summed E-state index contributed by atoms with van der Waals surface area (Å²) < 4.78 is 7.65. The highest BCUT2D eigenvalue weighted by atomic mass is 35.5. The average molecular weight is 449 g/mol. The Hall–Kier alpha value is -1.96. The first kappa shape index (κ1) is 21.3. The van der Waals surface area contributed by atoms with Gasteiger partial charge in [0.1, 0.15) is 5.82 Å². The Morgan fingerprint density at radius 1 is 1.10 bits per heavy atom. The molecule has 7 nitrogen and oxygen atoms in total. The third-order valence-corrected chi connectivity index (χ3v) is 6.28. The van der Waals surface area contributed by atoms with Gasteiger partial charge < -0.3 is 9.84 Å². The predicted octanol–water partition coefficient (Wildman–Crippen LogP) is 4.89. The highest BCUT2D eigenvalue weighted by Crippen LogP contribution is 2.40. The molecule has 0 atom stereocenters. The molecule has 0 spiro atoms. The van der Waals surface area contributed by atoms with E-state index in [4.69, 9.17) is 16.1 Å². The topological polar surface area (TPSA) is 81.7 Å². The molecule has 5 rings (SSSR count). The van der Waals surface area contributed by atoms with Crippen molar-refractivity contribution in [1.29, 1.82) is 0 Å². The van der Waals surface area contributed by atoms with Gasteiger partial charge in [-0.3, -0.25) is 4.57 Å². The van der Waals surface area contributed by atoms with Crippen molar-refractivity contribution in [2.75, 3.05) is 0 Å². The maximum atomic E-state index is 6.23. The van der Waals surface area contributed by atoms with Crippen LogP contribution in [0.3, 0.4) is 0 Å². The quantitative estimate of drug-likeness (QED) is 0.613. The number of aromatic nitrogens is 5. The lowest BCUT2D eigenvalue weighted by atomic mass is 9.81. The van der Waals surface area contributed by atoms with Crippen LogP contribution in [-0.2, 0) is 13.1 Å². The smallest absolute Gasteiger partial charge is 0.229 e. The van der Waals surface area contributed by atoms with Crippen LogP contribution in [0.2, 0.25) is 5.02 Å². The van der Waals surface area contributed by atoms with Crippen LogP contribution >= 0.6 is 24.0 Å². The average Bonchev–Trinajstić information content (AvgIpc) is 3.33. The van der Waals surface area contributed by atoms with Crippen molar-refractivity contribution in [2.45, 2.75) is 70.4 Å². The van der Waals surface area contributed by atoms with Gasteiger partial charge in [0, 0.05) is 29.3 Å². The largest absolute Gasteiger partial charge is 0.339 e. The van der Waals surface area contributed by atoms with Crippen LogP contribution in [0.25, 0.3) is 5.69 Å². The number of nitrogens with one attached hydrogen (secondary N) is 1. The zero-order chi connectivity index (χ0) is 20.0. The zero-order valence-electron chi connectivity index (χ0n) is 17.1. The zero-order valence-corrected chi connectivity index (χ0v) is 18.7. The van der Waals surface area contributed by atoms with Gasteiger partial charge in [0.05, 0.1) is 12.2 Å². The third kappa shape index (κ3) is 3.86. The van der Waals surface area contributed by atoms with Gasteiger partial charge in [-0.05, 0) is 49.4 Å². The molecule has 1 aliphatic heterocycles. The van der Waals surface area contributed by atoms with Crippen LogP contribution in [0.1, 0.15) is 86.2 Å². The molecule has 2 aromatic heterocycles. The molecule has 1 N–H and O–H groups in total. The minimum Gasteiger partial charge on any atom is -0.339 e. The molecule has 3 aromatic rings. The van der Waals surface area contributed by atoms with Gasteiger partial charge >= 0.3 is 0 Å². The fraction of sp³-hybridized carbons (Fsp3) is 0.524. The SMILES string of the molecule is CC(C)c1nc([C@H]2CC[C@@H](c3nnc4n3-c3ccc(Cl)cc3CNC4)CC2)no1.Cl. The fourth-order valence-corrected chi connectivity index (χ4v) is 4.65. The maximum absolute atomic E-state index is 6.23.